The number of carbonyl (C=O) groups excluding carboxylic acids is 1. The Labute approximate surface area is 132 Å². The van der Waals surface area contributed by atoms with E-state index < -0.39 is 5.82 Å². The van der Waals surface area contributed by atoms with Gasteiger partial charge in [0, 0.05) is 17.0 Å². The maximum atomic E-state index is 13.8. The highest BCUT2D eigenvalue weighted by molar-refractivity contribution is 7.10. The summed E-state index contributed by atoms with van der Waals surface area (Å²) in [5.74, 6) is 0.399. The highest BCUT2D eigenvalue weighted by Gasteiger charge is 2.39. The van der Waals surface area contributed by atoms with E-state index in [1.165, 1.54) is 24.7 Å². The molecule has 0 saturated heterocycles. The molecule has 4 nitrogen and oxygen atoms in total. The molecule has 6 heteroatoms. The molecular formula is C16H17FN2O2S. The Morgan fingerprint density at radius 3 is 2.82 bits per heavy atom. The highest BCUT2D eigenvalue weighted by atomic mass is 32.1. The van der Waals surface area contributed by atoms with Crippen LogP contribution in [0.4, 0.5) is 9.39 Å². The average molecular weight is 320 g/mol. The van der Waals surface area contributed by atoms with Gasteiger partial charge >= 0.3 is 0 Å². The van der Waals surface area contributed by atoms with Crippen molar-refractivity contribution in [1.82, 2.24) is 4.37 Å². The molecule has 1 aliphatic carbocycles. The van der Waals surface area contributed by atoms with Crippen molar-refractivity contribution in [3.63, 3.8) is 0 Å². The minimum Gasteiger partial charge on any atom is -0.494 e. The molecule has 3 rings (SSSR count). The number of nitrogens with one attached hydrogen (secondary N) is 1. The maximum Gasteiger partial charge on any atom is 0.228 e. The lowest BCUT2D eigenvalue weighted by atomic mass is 10.1. The normalized spacial score (nSPS) is 19.8. The lowest BCUT2D eigenvalue weighted by Crippen LogP contribution is -2.14. The summed E-state index contributed by atoms with van der Waals surface area (Å²) in [6, 6.07) is 4.74. The van der Waals surface area contributed by atoms with Gasteiger partial charge in [-0.05, 0) is 49.0 Å². The van der Waals surface area contributed by atoms with Crippen LogP contribution in [0.5, 0.6) is 5.75 Å². The number of hydrogen-bond donors (Lipinski definition) is 1. The molecule has 1 aromatic heterocycles. The molecule has 0 unspecified atom stereocenters. The highest BCUT2D eigenvalue weighted by Crippen LogP contribution is 2.40. The quantitative estimate of drug-likeness (QED) is 0.930. The summed E-state index contributed by atoms with van der Waals surface area (Å²) in [7, 11) is 1.43. The minimum atomic E-state index is -0.426. The molecule has 1 saturated carbocycles. The summed E-state index contributed by atoms with van der Waals surface area (Å²) in [4.78, 5) is 12.0. The maximum absolute atomic E-state index is 13.8. The van der Waals surface area contributed by atoms with Crippen LogP contribution in [0.2, 0.25) is 0 Å². The Morgan fingerprint density at radius 1 is 1.50 bits per heavy atom. The number of ether oxygens (including phenoxy) is 1. The lowest BCUT2D eigenvalue weighted by molar-refractivity contribution is -0.117. The summed E-state index contributed by atoms with van der Waals surface area (Å²) in [5, 5.41) is 3.66. The van der Waals surface area contributed by atoms with Crippen LogP contribution in [0.15, 0.2) is 18.2 Å². The first-order valence-electron chi connectivity index (χ1n) is 7.12. The zero-order chi connectivity index (χ0) is 15.9. The SMILES string of the molecule is COc1ccc(-c2nsc(NC(=O)[C@@H]3C[C@H]3C)c2C)cc1F. The molecule has 0 bridgehead atoms. The van der Waals surface area contributed by atoms with E-state index >= 15 is 0 Å². The smallest absolute Gasteiger partial charge is 0.228 e. The number of anilines is 1. The first kappa shape index (κ1) is 15.0. The van der Waals surface area contributed by atoms with Crippen molar-refractivity contribution in [2.24, 2.45) is 11.8 Å². The number of aromatic nitrogens is 1. The molecule has 0 radical (unpaired) electrons. The standard InChI is InChI=1S/C16H17FN2O2S/c1-8-6-11(8)15(20)18-16-9(2)14(19-22-16)10-4-5-13(21-3)12(17)7-10/h4-5,7-8,11H,6H2,1-3H3,(H,18,20)/t8-,11-/m1/s1. The fraction of sp³-hybridized carbons (Fsp3) is 0.375. The van der Waals surface area contributed by atoms with Gasteiger partial charge in [0.15, 0.2) is 11.6 Å². The van der Waals surface area contributed by atoms with Gasteiger partial charge in [-0.2, -0.15) is 4.37 Å². The number of carbonyl (C=O) groups is 1. The summed E-state index contributed by atoms with van der Waals surface area (Å²) >= 11 is 1.23. The molecule has 22 heavy (non-hydrogen) atoms. The van der Waals surface area contributed by atoms with Gasteiger partial charge in [0.1, 0.15) is 5.00 Å². The number of benzene rings is 1. The van der Waals surface area contributed by atoms with Crippen LogP contribution in [-0.2, 0) is 4.79 Å². The average Bonchev–Trinajstić information content (AvgIpc) is 3.12. The molecule has 1 N–H and O–H groups in total. The first-order valence-corrected chi connectivity index (χ1v) is 7.89. The van der Waals surface area contributed by atoms with Gasteiger partial charge in [-0.1, -0.05) is 6.92 Å². The molecule has 1 aliphatic rings. The van der Waals surface area contributed by atoms with Crippen LogP contribution >= 0.6 is 11.5 Å². The Morgan fingerprint density at radius 2 is 2.23 bits per heavy atom. The number of methoxy groups -OCH3 is 1. The zero-order valence-corrected chi connectivity index (χ0v) is 13.5. The second kappa shape index (κ2) is 5.68. The van der Waals surface area contributed by atoms with Crippen molar-refractivity contribution in [2.45, 2.75) is 20.3 Å². The topological polar surface area (TPSA) is 51.2 Å². The second-order valence-electron chi connectivity index (χ2n) is 5.64. The summed E-state index contributed by atoms with van der Waals surface area (Å²) in [5.41, 5.74) is 2.22. The zero-order valence-electron chi connectivity index (χ0n) is 12.6. The van der Waals surface area contributed by atoms with Gasteiger partial charge in [-0.15, -0.1) is 0 Å². The molecule has 0 aliphatic heterocycles. The van der Waals surface area contributed by atoms with Gasteiger partial charge < -0.3 is 10.1 Å². The van der Waals surface area contributed by atoms with Crippen LogP contribution in [0, 0.1) is 24.6 Å². The van der Waals surface area contributed by atoms with Crippen molar-refractivity contribution in [3.05, 3.63) is 29.6 Å². The Balaban J connectivity index is 1.83. The number of halogens is 1. The fourth-order valence-corrected chi connectivity index (χ4v) is 3.23. The lowest BCUT2D eigenvalue weighted by Gasteiger charge is -2.05. The third-order valence-electron chi connectivity index (χ3n) is 4.03. The Hall–Kier alpha value is -1.95. The predicted molar refractivity (Wildman–Crippen MR) is 84.7 cm³/mol. The number of hydrogen-bond acceptors (Lipinski definition) is 4. The van der Waals surface area contributed by atoms with Crippen LogP contribution in [-0.4, -0.2) is 17.4 Å². The van der Waals surface area contributed by atoms with Crippen LogP contribution in [0.1, 0.15) is 18.9 Å². The van der Waals surface area contributed by atoms with Gasteiger partial charge in [0.25, 0.3) is 0 Å². The monoisotopic (exact) mass is 320 g/mol. The van der Waals surface area contributed by atoms with Crippen molar-refractivity contribution in [1.29, 1.82) is 0 Å². The van der Waals surface area contributed by atoms with Crippen LogP contribution in [0.3, 0.4) is 0 Å². The molecule has 2 aromatic rings. The molecule has 1 fully saturated rings. The Bertz CT molecular complexity index is 729. The third kappa shape index (κ3) is 2.70. The van der Waals surface area contributed by atoms with Crippen molar-refractivity contribution in [2.75, 3.05) is 12.4 Å². The fourth-order valence-electron chi connectivity index (χ4n) is 2.43. The van der Waals surface area contributed by atoms with E-state index in [4.69, 9.17) is 4.74 Å². The summed E-state index contributed by atoms with van der Waals surface area (Å²) in [6.45, 7) is 3.95. The number of rotatable bonds is 4. The van der Waals surface area contributed by atoms with E-state index in [-0.39, 0.29) is 17.6 Å². The van der Waals surface area contributed by atoms with E-state index in [1.54, 1.807) is 12.1 Å². The van der Waals surface area contributed by atoms with Crippen LogP contribution in [0.25, 0.3) is 11.3 Å². The van der Waals surface area contributed by atoms with Crippen molar-refractivity contribution in [3.8, 4) is 17.0 Å². The minimum absolute atomic E-state index is 0.0479. The van der Waals surface area contributed by atoms with E-state index in [1.807, 2.05) is 6.92 Å². The number of nitrogens with zero attached hydrogens (tertiary/aromatic N) is 1. The summed E-state index contributed by atoms with van der Waals surface area (Å²) in [6.07, 6.45) is 0.945. The predicted octanol–water partition coefficient (Wildman–Crippen LogP) is 3.86. The van der Waals surface area contributed by atoms with E-state index in [0.29, 0.717) is 17.2 Å². The first-order chi connectivity index (χ1) is 10.5. The molecule has 116 valence electrons. The third-order valence-corrected chi connectivity index (χ3v) is 4.90. The summed E-state index contributed by atoms with van der Waals surface area (Å²) < 4.78 is 23.1. The van der Waals surface area contributed by atoms with E-state index in [2.05, 4.69) is 16.6 Å². The van der Waals surface area contributed by atoms with Gasteiger partial charge in [0.05, 0.1) is 12.8 Å². The molecule has 0 spiro atoms. The van der Waals surface area contributed by atoms with Crippen LogP contribution < -0.4 is 10.1 Å². The second-order valence-corrected chi connectivity index (χ2v) is 6.42. The molecule has 1 aromatic carbocycles. The molecule has 1 amide bonds. The molecule has 2 atom stereocenters. The van der Waals surface area contributed by atoms with Gasteiger partial charge in [0.2, 0.25) is 5.91 Å². The van der Waals surface area contributed by atoms with Crippen molar-refractivity contribution < 1.29 is 13.9 Å². The molecule has 1 heterocycles. The van der Waals surface area contributed by atoms with E-state index in [9.17, 15) is 9.18 Å². The largest absolute Gasteiger partial charge is 0.494 e. The number of amides is 1. The Kier molecular flexibility index (Phi) is 3.87. The van der Waals surface area contributed by atoms with E-state index in [0.717, 1.165) is 17.0 Å². The van der Waals surface area contributed by atoms with Gasteiger partial charge in [-0.3, -0.25) is 4.79 Å². The van der Waals surface area contributed by atoms with Gasteiger partial charge in [-0.25, -0.2) is 4.39 Å². The molecular weight excluding hydrogens is 303 g/mol. The van der Waals surface area contributed by atoms with Crippen molar-refractivity contribution >= 4 is 22.4 Å².